The van der Waals surface area contributed by atoms with Gasteiger partial charge in [0.25, 0.3) is 0 Å². The SMILES string of the molecule is CCNC(=NCCN(C)CCCOC)NCCC(=O)OC(C)C. The predicted octanol–water partition coefficient (Wildman–Crippen LogP) is 0.852. The van der Waals surface area contributed by atoms with Crippen molar-refractivity contribution in [3.8, 4) is 0 Å². The van der Waals surface area contributed by atoms with E-state index in [9.17, 15) is 4.79 Å². The van der Waals surface area contributed by atoms with E-state index < -0.39 is 0 Å². The molecule has 0 bridgehead atoms. The molecule has 23 heavy (non-hydrogen) atoms. The number of methoxy groups -OCH3 is 1. The molecule has 0 rings (SSSR count). The van der Waals surface area contributed by atoms with Crippen LogP contribution in [0.1, 0.15) is 33.6 Å². The van der Waals surface area contributed by atoms with Gasteiger partial charge in [0.05, 0.1) is 19.1 Å². The van der Waals surface area contributed by atoms with E-state index in [-0.39, 0.29) is 12.1 Å². The molecule has 0 aromatic heterocycles. The number of carbonyl (C=O) groups excluding carboxylic acids is 1. The third-order valence-electron chi connectivity index (χ3n) is 2.97. The fourth-order valence-corrected chi connectivity index (χ4v) is 1.87. The van der Waals surface area contributed by atoms with E-state index in [2.05, 4.69) is 27.6 Å². The van der Waals surface area contributed by atoms with Crippen molar-refractivity contribution >= 4 is 11.9 Å². The highest BCUT2D eigenvalue weighted by Crippen LogP contribution is 1.92. The van der Waals surface area contributed by atoms with Crippen LogP contribution in [0.15, 0.2) is 4.99 Å². The summed E-state index contributed by atoms with van der Waals surface area (Å²) in [5, 5.41) is 6.32. The molecule has 0 amide bonds. The number of rotatable bonds is 12. The Morgan fingerprint density at radius 1 is 1.26 bits per heavy atom. The number of hydrogen-bond acceptors (Lipinski definition) is 5. The Morgan fingerprint density at radius 3 is 2.61 bits per heavy atom. The predicted molar refractivity (Wildman–Crippen MR) is 93.8 cm³/mol. The highest BCUT2D eigenvalue weighted by Gasteiger charge is 2.06. The molecular weight excluding hydrogens is 296 g/mol. The first kappa shape index (κ1) is 21.7. The normalized spacial score (nSPS) is 11.9. The number of esters is 1. The van der Waals surface area contributed by atoms with E-state index >= 15 is 0 Å². The van der Waals surface area contributed by atoms with Gasteiger partial charge in [-0.25, -0.2) is 0 Å². The number of nitrogens with zero attached hydrogens (tertiary/aromatic N) is 2. The van der Waals surface area contributed by atoms with Crippen LogP contribution in [0.3, 0.4) is 0 Å². The van der Waals surface area contributed by atoms with Gasteiger partial charge in [-0.15, -0.1) is 0 Å². The zero-order valence-electron chi connectivity index (χ0n) is 15.4. The Morgan fingerprint density at radius 2 is 2.00 bits per heavy atom. The van der Waals surface area contributed by atoms with Crippen molar-refractivity contribution in [1.82, 2.24) is 15.5 Å². The lowest BCUT2D eigenvalue weighted by Gasteiger charge is -2.16. The first-order chi connectivity index (χ1) is 11.0. The minimum Gasteiger partial charge on any atom is -0.463 e. The second kappa shape index (κ2) is 14.3. The van der Waals surface area contributed by atoms with Gasteiger partial charge in [0.15, 0.2) is 5.96 Å². The molecule has 0 radical (unpaired) electrons. The summed E-state index contributed by atoms with van der Waals surface area (Å²) >= 11 is 0. The van der Waals surface area contributed by atoms with Gasteiger partial charge in [0.2, 0.25) is 0 Å². The molecule has 0 atom stereocenters. The zero-order chi connectivity index (χ0) is 17.5. The first-order valence-electron chi connectivity index (χ1n) is 8.38. The fraction of sp³-hybridized carbons (Fsp3) is 0.875. The zero-order valence-corrected chi connectivity index (χ0v) is 15.4. The molecule has 7 nitrogen and oxygen atoms in total. The number of guanidine groups is 1. The van der Waals surface area contributed by atoms with Gasteiger partial charge in [0.1, 0.15) is 0 Å². The van der Waals surface area contributed by atoms with Crippen LogP contribution in [0.5, 0.6) is 0 Å². The first-order valence-corrected chi connectivity index (χ1v) is 8.38. The molecule has 0 aliphatic heterocycles. The molecule has 7 heteroatoms. The van der Waals surface area contributed by atoms with E-state index in [4.69, 9.17) is 9.47 Å². The van der Waals surface area contributed by atoms with Crippen LogP contribution in [0, 0.1) is 0 Å². The van der Waals surface area contributed by atoms with E-state index in [1.54, 1.807) is 7.11 Å². The van der Waals surface area contributed by atoms with Crippen molar-refractivity contribution in [3.63, 3.8) is 0 Å². The van der Waals surface area contributed by atoms with Crippen LogP contribution < -0.4 is 10.6 Å². The summed E-state index contributed by atoms with van der Waals surface area (Å²) in [6.07, 6.45) is 1.28. The molecule has 2 N–H and O–H groups in total. The smallest absolute Gasteiger partial charge is 0.307 e. The van der Waals surface area contributed by atoms with E-state index in [0.29, 0.717) is 19.5 Å². The highest BCUT2D eigenvalue weighted by atomic mass is 16.5. The lowest BCUT2D eigenvalue weighted by molar-refractivity contribution is -0.147. The van der Waals surface area contributed by atoms with Crippen molar-refractivity contribution in [2.45, 2.75) is 39.7 Å². The molecule has 0 aromatic carbocycles. The number of carbonyl (C=O) groups is 1. The topological polar surface area (TPSA) is 75.2 Å². The van der Waals surface area contributed by atoms with Crippen molar-refractivity contribution in [3.05, 3.63) is 0 Å². The van der Waals surface area contributed by atoms with Crippen molar-refractivity contribution in [2.75, 3.05) is 53.5 Å². The summed E-state index contributed by atoms with van der Waals surface area (Å²) in [6, 6.07) is 0. The minimum atomic E-state index is -0.193. The Balaban J connectivity index is 4.01. The molecule has 0 aliphatic rings. The summed E-state index contributed by atoms with van der Waals surface area (Å²) in [6.45, 7) is 10.4. The maximum Gasteiger partial charge on any atom is 0.307 e. The summed E-state index contributed by atoms with van der Waals surface area (Å²) in [4.78, 5) is 18.2. The van der Waals surface area contributed by atoms with Crippen LogP contribution in [-0.2, 0) is 14.3 Å². The molecular formula is C16H34N4O3. The van der Waals surface area contributed by atoms with Crippen LogP contribution in [0.2, 0.25) is 0 Å². The number of likely N-dealkylation sites (N-methyl/N-ethyl adjacent to an activating group) is 1. The van der Waals surface area contributed by atoms with Gasteiger partial charge in [-0.2, -0.15) is 0 Å². The molecule has 0 fully saturated rings. The van der Waals surface area contributed by atoms with Gasteiger partial charge >= 0.3 is 5.97 Å². The van der Waals surface area contributed by atoms with E-state index in [0.717, 1.165) is 38.6 Å². The largest absolute Gasteiger partial charge is 0.463 e. The third kappa shape index (κ3) is 14.0. The van der Waals surface area contributed by atoms with Gasteiger partial charge in [0, 0.05) is 39.9 Å². The number of nitrogens with one attached hydrogen (secondary N) is 2. The highest BCUT2D eigenvalue weighted by molar-refractivity contribution is 5.80. The van der Waals surface area contributed by atoms with Gasteiger partial charge in [-0.3, -0.25) is 9.79 Å². The molecule has 0 aromatic rings. The van der Waals surface area contributed by atoms with Crippen molar-refractivity contribution < 1.29 is 14.3 Å². The van der Waals surface area contributed by atoms with Crippen LogP contribution in [0.25, 0.3) is 0 Å². The lowest BCUT2D eigenvalue weighted by atomic mass is 10.4. The van der Waals surface area contributed by atoms with Gasteiger partial charge < -0.3 is 25.0 Å². The Hall–Kier alpha value is -1.34. The van der Waals surface area contributed by atoms with Crippen LogP contribution in [0.4, 0.5) is 0 Å². The van der Waals surface area contributed by atoms with Crippen molar-refractivity contribution in [2.24, 2.45) is 4.99 Å². The monoisotopic (exact) mass is 330 g/mol. The summed E-state index contributed by atoms with van der Waals surface area (Å²) in [5.41, 5.74) is 0. The molecule has 0 spiro atoms. The number of ether oxygens (including phenoxy) is 2. The summed E-state index contributed by atoms with van der Waals surface area (Å²) in [5.74, 6) is 0.538. The molecule has 0 aliphatic carbocycles. The lowest BCUT2D eigenvalue weighted by Crippen LogP contribution is -2.39. The quantitative estimate of drug-likeness (QED) is 0.239. The Kier molecular flexibility index (Phi) is 13.4. The van der Waals surface area contributed by atoms with Gasteiger partial charge in [-0.05, 0) is 34.2 Å². The molecule has 0 unspecified atom stereocenters. The standard InChI is InChI=1S/C16H34N4O3/c1-6-17-16(18-9-8-15(21)23-14(2)3)19-10-12-20(4)11-7-13-22-5/h14H,6-13H2,1-5H3,(H2,17,18,19). The third-order valence-corrected chi connectivity index (χ3v) is 2.97. The molecule has 0 heterocycles. The average molecular weight is 330 g/mol. The molecule has 136 valence electrons. The minimum absolute atomic E-state index is 0.0713. The Labute approximate surface area is 140 Å². The van der Waals surface area contributed by atoms with Crippen molar-refractivity contribution in [1.29, 1.82) is 0 Å². The number of hydrogen-bond donors (Lipinski definition) is 2. The Bertz CT molecular complexity index is 335. The maximum absolute atomic E-state index is 11.5. The summed E-state index contributed by atoms with van der Waals surface area (Å²) in [7, 11) is 3.79. The molecule has 0 saturated heterocycles. The number of aliphatic imine (C=N–C) groups is 1. The fourth-order valence-electron chi connectivity index (χ4n) is 1.87. The second-order valence-electron chi connectivity index (χ2n) is 5.63. The van der Waals surface area contributed by atoms with Crippen LogP contribution in [-0.4, -0.2) is 76.4 Å². The van der Waals surface area contributed by atoms with Crippen LogP contribution >= 0.6 is 0 Å². The summed E-state index contributed by atoms with van der Waals surface area (Å²) < 4.78 is 10.1. The van der Waals surface area contributed by atoms with E-state index in [1.807, 2.05) is 20.8 Å². The van der Waals surface area contributed by atoms with E-state index in [1.165, 1.54) is 0 Å². The van der Waals surface area contributed by atoms with Gasteiger partial charge in [-0.1, -0.05) is 0 Å². The maximum atomic E-state index is 11.5. The molecule has 0 saturated carbocycles. The average Bonchev–Trinajstić information content (AvgIpc) is 2.46. The second-order valence-corrected chi connectivity index (χ2v) is 5.63.